The van der Waals surface area contributed by atoms with Gasteiger partial charge in [-0.1, -0.05) is 34.1 Å². The molecule has 0 aliphatic rings. The molecule has 0 aromatic heterocycles. The van der Waals surface area contributed by atoms with Crippen LogP contribution in [0.25, 0.3) is 0 Å². The average molecular weight is 321 g/mol. The predicted molar refractivity (Wildman–Crippen MR) is 80.8 cm³/mol. The van der Waals surface area contributed by atoms with Gasteiger partial charge in [-0.15, -0.1) is 0 Å². The molecule has 0 heterocycles. The molecule has 0 radical (unpaired) electrons. The van der Waals surface area contributed by atoms with Gasteiger partial charge in [0.2, 0.25) is 0 Å². The molecule has 0 bridgehead atoms. The molecule has 0 aliphatic carbocycles. The highest BCUT2D eigenvalue weighted by molar-refractivity contribution is 9.10. The van der Waals surface area contributed by atoms with Crippen molar-refractivity contribution in [1.82, 2.24) is 0 Å². The maximum absolute atomic E-state index is 9.39. The largest absolute Gasteiger partial charge is 0.456 e. The molecule has 0 fully saturated rings. The first-order valence-corrected chi connectivity index (χ1v) is 6.96. The van der Waals surface area contributed by atoms with Gasteiger partial charge in [-0.05, 0) is 49.6 Å². The van der Waals surface area contributed by atoms with E-state index in [-0.39, 0.29) is 6.61 Å². The summed E-state index contributed by atoms with van der Waals surface area (Å²) in [4.78, 5) is 0. The molecule has 19 heavy (non-hydrogen) atoms. The molecule has 0 saturated heterocycles. The number of aliphatic hydroxyl groups excluding tert-OH is 1. The maximum Gasteiger partial charge on any atom is 0.134 e. The lowest BCUT2D eigenvalue weighted by molar-refractivity contribution is 0.276. The van der Waals surface area contributed by atoms with Gasteiger partial charge in [0.15, 0.2) is 0 Å². The third-order valence-electron chi connectivity index (χ3n) is 3.29. The molecule has 0 unspecified atom stereocenters. The molecule has 100 valence electrons. The fourth-order valence-corrected chi connectivity index (χ4v) is 2.29. The van der Waals surface area contributed by atoms with E-state index < -0.39 is 0 Å². The molecule has 1 N–H and O–H groups in total. The zero-order valence-electron chi connectivity index (χ0n) is 11.3. The topological polar surface area (TPSA) is 29.5 Å². The van der Waals surface area contributed by atoms with Gasteiger partial charge in [-0.25, -0.2) is 0 Å². The van der Waals surface area contributed by atoms with Gasteiger partial charge in [-0.3, -0.25) is 0 Å². The van der Waals surface area contributed by atoms with Crippen LogP contribution in [0.4, 0.5) is 0 Å². The molecule has 3 heteroatoms. The molecule has 0 atom stereocenters. The molecular formula is C16H17BrO2. The summed E-state index contributed by atoms with van der Waals surface area (Å²) in [5.41, 5.74) is 4.19. The van der Waals surface area contributed by atoms with Crippen molar-refractivity contribution < 1.29 is 9.84 Å². The fourth-order valence-electron chi connectivity index (χ4n) is 1.95. The van der Waals surface area contributed by atoms with Crippen molar-refractivity contribution in [2.75, 3.05) is 0 Å². The van der Waals surface area contributed by atoms with Gasteiger partial charge in [0.1, 0.15) is 11.5 Å². The van der Waals surface area contributed by atoms with Crippen LogP contribution in [0.3, 0.4) is 0 Å². The predicted octanol–water partition coefficient (Wildman–Crippen LogP) is 4.66. The van der Waals surface area contributed by atoms with Crippen LogP contribution in [0.5, 0.6) is 11.5 Å². The second-order valence-corrected chi connectivity index (χ2v) is 5.58. The second kappa shape index (κ2) is 5.76. The first-order chi connectivity index (χ1) is 9.02. The van der Waals surface area contributed by atoms with E-state index in [2.05, 4.69) is 28.9 Å². The van der Waals surface area contributed by atoms with E-state index in [1.807, 2.05) is 38.1 Å². The standard InChI is InChI=1S/C16H17BrO2/c1-10-4-5-11(2)16(12(10)3)19-15-8-14(17)7-6-13(15)9-18/h4-8,18H,9H2,1-3H3. The monoisotopic (exact) mass is 320 g/mol. The smallest absolute Gasteiger partial charge is 0.134 e. The van der Waals surface area contributed by atoms with Crippen LogP contribution in [0, 0.1) is 20.8 Å². The van der Waals surface area contributed by atoms with E-state index in [4.69, 9.17) is 4.74 Å². The van der Waals surface area contributed by atoms with Crippen molar-refractivity contribution in [2.45, 2.75) is 27.4 Å². The SMILES string of the molecule is Cc1ccc(C)c(Oc2cc(Br)ccc2CO)c1C. The van der Waals surface area contributed by atoms with Crippen molar-refractivity contribution in [3.8, 4) is 11.5 Å². The van der Waals surface area contributed by atoms with Crippen LogP contribution in [0.2, 0.25) is 0 Å². The Morgan fingerprint density at radius 2 is 1.74 bits per heavy atom. The molecule has 0 saturated carbocycles. The summed E-state index contributed by atoms with van der Waals surface area (Å²) >= 11 is 3.43. The minimum atomic E-state index is -0.0352. The lowest BCUT2D eigenvalue weighted by atomic mass is 10.1. The Hall–Kier alpha value is -1.32. The lowest BCUT2D eigenvalue weighted by Crippen LogP contribution is -1.96. The zero-order valence-corrected chi connectivity index (χ0v) is 12.9. The van der Waals surface area contributed by atoms with E-state index in [1.54, 1.807) is 0 Å². The van der Waals surface area contributed by atoms with Gasteiger partial charge in [0, 0.05) is 10.0 Å². The summed E-state index contributed by atoms with van der Waals surface area (Å²) < 4.78 is 6.97. The highest BCUT2D eigenvalue weighted by Crippen LogP contribution is 2.33. The molecule has 0 amide bonds. The van der Waals surface area contributed by atoms with Gasteiger partial charge in [-0.2, -0.15) is 0 Å². The molecule has 2 aromatic rings. The van der Waals surface area contributed by atoms with Crippen LogP contribution >= 0.6 is 15.9 Å². The van der Waals surface area contributed by atoms with Crippen LogP contribution < -0.4 is 4.74 Å². The van der Waals surface area contributed by atoms with E-state index >= 15 is 0 Å². The van der Waals surface area contributed by atoms with Crippen LogP contribution in [-0.2, 0) is 6.61 Å². The number of halogens is 1. The van der Waals surface area contributed by atoms with Gasteiger partial charge >= 0.3 is 0 Å². The van der Waals surface area contributed by atoms with E-state index in [0.717, 1.165) is 26.9 Å². The molecule has 2 rings (SSSR count). The summed E-state index contributed by atoms with van der Waals surface area (Å²) in [6, 6.07) is 9.78. The van der Waals surface area contributed by atoms with Gasteiger partial charge in [0.05, 0.1) is 6.61 Å². The third kappa shape index (κ3) is 2.99. The van der Waals surface area contributed by atoms with Crippen LogP contribution in [-0.4, -0.2) is 5.11 Å². The van der Waals surface area contributed by atoms with Crippen molar-refractivity contribution in [3.05, 3.63) is 57.1 Å². The molecule has 2 aromatic carbocycles. The number of benzene rings is 2. The number of rotatable bonds is 3. The zero-order chi connectivity index (χ0) is 14.0. The van der Waals surface area contributed by atoms with Crippen LogP contribution in [0.15, 0.2) is 34.8 Å². The number of aryl methyl sites for hydroxylation is 2. The highest BCUT2D eigenvalue weighted by atomic mass is 79.9. The normalized spacial score (nSPS) is 10.6. The van der Waals surface area contributed by atoms with Gasteiger partial charge < -0.3 is 9.84 Å². The quantitative estimate of drug-likeness (QED) is 0.891. The average Bonchev–Trinajstić information content (AvgIpc) is 2.39. The van der Waals surface area contributed by atoms with Crippen molar-refractivity contribution in [3.63, 3.8) is 0 Å². The minimum Gasteiger partial charge on any atom is -0.456 e. The number of hydrogen-bond acceptors (Lipinski definition) is 2. The molecule has 0 aliphatic heterocycles. The minimum absolute atomic E-state index is 0.0352. The fraction of sp³-hybridized carbons (Fsp3) is 0.250. The van der Waals surface area contributed by atoms with Crippen molar-refractivity contribution >= 4 is 15.9 Å². The Balaban J connectivity index is 2.47. The van der Waals surface area contributed by atoms with Crippen LogP contribution in [0.1, 0.15) is 22.3 Å². The van der Waals surface area contributed by atoms with E-state index in [1.165, 1.54) is 5.56 Å². The summed E-state index contributed by atoms with van der Waals surface area (Å²) in [6.07, 6.45) is 0. The summed E-state index contributed by atoms with van der Waals surface area (Å²) in [6.45, 7) is 6.11. The Morgan fingerprint density at radius 3 is 2.42 bits per heavy atom. The van der Waals surface area contributed by atoms with Crippen molar-refractivity contribution in [2.24, 2.45) is 0 Å². The molecule has 0 spiro atoms. The summed E-state index contributed by atoms with van der Waals surface area (Å²) in [5, 5.41) is 9.39. The maximum atomic E-state index is 9.39. The summed E-state index contributed by atoms with van der Waals surface area (Å²) in [5.74, 6) is 1.56. The highest BCUT2D eigenvalue weighted by Gasteiger charge is 2.10. The molecule has 2 nitrogen and oxygen atoms in total. The van der Waals surface area contributed by atoms with Crippen molar-refractivity contribution in [1.29, 1.82) is 0 Å². The Morgan fingerprint density at radius 1 is 1.05 bits per heavy atom. The Kier molecular flexibility index (Phi) is 4.27. The second-order valence-electron chi connectivity index (χ2n) is 4.67. The number of aliphatic hydroxyl groups is 1. The first kappa shape index (κ1) is 14.1. The molecular weight excluding hydrogens is 304 g/mol. The third-order valence-corrected chi connectivity index (χ3v) is 3.78. The summed E-state index contributed by atoms with van der Waals surface area (Å²) in [7, 11) is 0. The Bertz CT molecular complexity index is 606. The Labute approximate surface area is 122 Å². The van der Waals surface area contributed by atoms with Gasteiger partial charge in [0.25, 0.3) is 0 Å². The van der Waals surface area contributed by atoms with E-state index in [0.29, 0.717) is 5.75 Å². The number of ether oxygens (including phenoxy) is 1. The first-order valence-electron chi connectivity index (χ1n) is 6.17. The lowest BCUT2D eigenvalue weighted by Gasteiger charge is -2.16. The number of hydrogen-bond donors (Lipinski definition) is 1. The van der Waals surface area contributed by atoms with E-state index in [9.17, 15) is 5.11 Å².